The lowest BCUT2D eigenvalue weighted by molar-refractivity contribution is -0.155. The molecule has 1 saturated carbocycles. The van der Waals surface area contributed by atoms with Crippen LogP contribution in [0.5, 0.6) is 0 Å². The molecule has 0 aromatic carbocycles. The summed E-state index contributed by atoms with van der Waals surface area (Å²) in [6.45, 7) is 19.9. The van der Waals surface area contributed by atoms with Crippen molar-refractivity contribution in [2.45, 2.75) is 102 Å². The van der Waals surface area contributed by atoms with Crippen molar-refractivity contribution in [2.24, 2.45) is 0 Å². The van der Waals surface area contributed by atoms with E-state index in [9.17, 15) is 0 Å². The average Bonchev–Trinajstić information content (AvgIpc) is 3.31. The van der Waals surface area contributed by atoms with Gasteiger partial charge in [0.15, 0.2) is 0 Å². The Kier molecular flexibility index (Phi) is 4.31. The van der Waals surface area contributed by atoms with Gasteiger partial charge in [0.05, 0.1) is 18.8 Å². The summed E-state index contributed by atoms with van der Waals surface area (Å²) in [6.07, 6.45) is 5.42. The number of hydrogen-bond donors (Lipinski definition) is 0. The molecule has 144 valence electrons. The van der Waals surface area contributed by atoms with Crippen LogP contribution in [0.15, 0.2) is 0 Å². The first-order valence-electron chi connectivity index (χ1n) is 10.5. The van der Waals surface area contributed by atoms with Crippen molar-refractivity contribution >= 4 is 0 Å². The Balaban J connectivity index is 1.69. The van der Waals surface area contributed by atoms with E-state index in [-0.39, 0.29) is 16.6 Å². The molecule has 0 aromatic rings. The number of piperazine rings is 1. The van der Waals surface area contributed by atoms with Crippen LogP contribution in [0.2, 0.25) is 0 Å². The molecular formula is C21H39N3O. The highest BCUT2D eigenvalue weighted by Gasteiger charge is 2.60. The molecule has 0 amide bonds. The fourth-order valence-electron chi connectivity index (χ4n) is 6.07. The Bertz CT molecular complexity index is 500. The number of nitrogens with zero attached hydrogens (tertiary/aromatic N) is 3. The Morgan fingerprint density at radius 1 is 0.880 bits per heavy atom. The molecule has 3 atom stereocenters. The van der Waals surface area contributed by atoms with E-state index in [1.807, 2.05) is 0 Å². The average molecular weight is 350 g/mol. The highest BCUT2D eigenvalue weighted by Crippen LogP contribution is 2.48. The molecule has 0 radical (unpaired) electrons. The van der Waals surface area contributed by atoms with Crippen molar-refractivity contribution in [1.82, 2.24) is 14.7 Å². The molecule has 4 heteroatoms. The van der Waals surface area contributed by atoms with Gasteiger partial charge in [-0.1, -0.05) is 0 Å². The number of ether oxygens (including phenoxy) is 1. The third-order valence-electron chi connectivity index (χ3n) is 7.15. The van der Waals surface area contributed by atoms with Crippen LogP contribution >= 0.6 is 0 Å². The number of fused-ring (bicyclic) bond motifs is 2. The molecular weight excluding hydrogens is 310 g/mol. The predicted molar refractivity (Wildman–Crippen MR) is 103 cm³/mol. The lowest BCUT2D eigenvalue weighted by Crippen LogP contribution is -2.74. The zero-order chi connectivity index (χ0) is 18.0. The van der Waals surface area contributed by atoms with Crippen LogP contribution in [-0.4, -0.2) is 82.3 Å². The fraction of sp³-hybridized carbons (Fsp3) is 1.00. The normalized spacial score (nSPS) is 39.1. The number of hydrogen-bond acceptors (Lipinski definition) is 4. The maximum Gasteiger partial charge on any atom is 0.0667 e. The van der Waals surface area contributed by atoms with Gasteiger partial charge in [0, 0.05) is 48.8 Å². The minimum Gasteiger partial charge on any atom is -0.378 e. The molecule has 1 aliphatic carbocycles. The molecule has 0 spiro atoms. The van der Waals surface area contributed by atoms with Crippen LogP contribution < -0.4 is 0 Å². The summed E-state index contributed by atoms with van der Waals surface area (Å²) in [5, 5.41) is 0. The van der Waals surface area contributed by atoms with Crippen LogP contribution in [0.3, 0.4) is 0 Å². The third kappa shape index (κ3) is 3.07. The largest absolute Gasteiger partial charge is 0.378 e. The zero-order valence-electron chi connectivity index (χ0n) is 17.3. The Morgan fingerprint density at radius 2 is 1.60 bits per heavy atom. The van der Waals surface area contributed by atoms with Crippen LogP contribution in [0.4, 0.5) is 0 Å². The quantitative estimate of drug-likeness (QED) is 0.763. The SMILES string of the molecule is CC(C)(C)N1CCN(C2CC2)C(C23CCC(COC2)N3C(C)(C)C)C1. The molecule has 3 unspecified atom stereocenters. The van der Waals surface area contributed by atoms with E-state index in [0.29, 0.717) is 12.1 Å². The van der Waals surface area contributed by atoms with E-state index >= 15 is 0 Å². The summed E-state index contributed by atoms with van der Waals surface area (Å²) in [6, 6.07) is 2.06. The Hall–Kier alpha value is -0.160. The molecule has 3 saturated heterocycles. The molecule has 0 aromatic heterocycles. The summed E-state index contributed by atoms with van der Waals surface area (Å²) in [7, 11) is 0. The maximum atomic E-state index is 6.22. The first-order chi connectivity index (χ1) is 11.6. The molecule has 3 aliphatic heterocycles. The van der Waals surface area contributed by atoms with Crippen molar-refractivity contribution in [1.29, 1.82) is 0 Å². The Labute approximate surface area is 154 Å². The van der Waals surface area contributed by atoms with Gasteiger partial charge in [-0.3, -0.25) is 14.7 Å². The van der Waals surface area contributed by atoms with Gasteiger partial charge >= 0.3 is 0 Å². The molecule has 3 heterocycles. The van der Waals surface area contributed by atoms with Crippen LogP contribution in [0.1, 0.15) is 67.2 Å². The highest BCUT2D eigenvalue weighted by molar-refractivity contribution is 5.16. The molecule has 2 bridgehead atoms. The van der Waals surface area contributed by atoms with E-state index < -0.39 is 0 Å². The van der Waals surface area contributed by atoms with E-state index in [2.05, 4.69) is 56.2 Å². The van der Waals surface area contributed by atoms with E-state index in [4.69, 9.17) is 4.74 Å². The number of rotatable bonds is 2. The third-order valence-corrected chi connectivity index (χ3v) is 7.15. The van der Waals surface area contributed by atoms with Gasteiger partial charge in [0.1, 0.15) is 0 Å². The zero-order valence-corrected chi connectivity index (χ0v) is 17.3. The van der Waals surface area contributed by atoms with Crippen molar-refractivity contribution in [2.75, 3.05) is 32.8 Å². The standard InChI is InChI=1S/C21H39N3O/c1-19(2,3)22-11-12-23(16-7-8-16)18(13-22)21-10-9-17(14-25-15-21)24(21)20(4,5)6/h16-18H,7-15H2,1-6H3. The summed E-state index contributed by atoms with van der Waals surface area (Å²) < 4.78 is 6.22. The minimum absolute atomic E-state index is 0.202. The second kappa shape index (κ2) is 5.92. The molecule has 4 fully saturated rings. The second-order valence-electron chi connectivity index (χ2n) is 11.0. The van der Waals surface area contributed by atoms with Gasteiger partial charge < -0.3 is 4.74 Å². The van der Waals surface area contributed by atoms with Crippen molar-refractivity contribution < 1.29 is 4.74 Å². The second-order valence-corrected chi connectivity index (χ2v) is 11.0. The van der Waals surface area contributed by atoms with Gasteiger partial charge in [0.25, 0.3) is 0 Å². The van der Waals surface area contributed by atoms with E-state index in [0.717, 1.165) is 19.3 Å². The summed E-state index contributed by atoms with van der Waals surface area (Å²) >= 11 is 0. The van der Waals surface area contributed by atoms with Gasteiger partial charge in [-0.2, -0.15) is 0 Å². The molecule has 4 rings (SSSR count). The van der Waals surface area contributed by atoms with Gasteiger partial charge in [-0.25, -0.2) is 0 Å². The lowest BCUT2D eigenvalue weighted by Gasteiger charge is -2.60. The topological polar surface area (TPSA) is 19.0 Å². The first kappa shape index (κ1) is 18.2. The first-order valence-corrected chi connectivity index (χ1v) is 10.5. The van der Waals surface area contributed by atoms with Gasteiger partial charge in [0.2, 0.25) is 0 Å². The number of morpholine rings is 1. The Morgan fingerprint density at radius 3 is 2.20 bits per heavy atom. The lowest BCUT2D eigenvalue weighted by atomic mass is 9.81. The van der Waals surface area contributed by atoms with E-state index in [1.165, 1.54) is 45.3 Å². The molecule has 4 aliphatic rings. The predicted octanol–water partition coefficient (Wildman–Crippen LogP) is 2.97. The molecule has 25 heavy (non-hydrogen) atoms. The van der Waals surface area contributed by atoms with Crippen LogP contribution in [0.25, 0.3) is 0 Å². The van der Waals surface area contributed by atoms with E-state index in [1.54, 1.807) is 0 Å². The van der Waals surface area contributed by atoms with Gasteiger partial charge in [-0.15, -0.1) is 0 Å². The van der Waals surface area contributed by atoms with Crippen LogP contribution in [0, 0.1) is 0 Å². The summed E-state index contributed by atoms with van der Waals surface area (Å²) in [5.74, 6) is 0. The van der Waals surface area contributed by atoms with Gasteiger partial charge in [-0.05, 0) is 67.2 Å². The minimum atomic E-state index is 0.202. The summed E-state index contributed by atoms with van der Waals surface area (Å²) in [4.78, 5) is 8.50. The molecule has 4 nitrogen and oxygen atoms in total. The van der Waals surface area contributed by atoms with Crippen molar-refractivity contribution in [3.63, 3.8) is 0 Å². The van der Waals surface area contributed by atoms with Crippen molar-refractivity contribution in [3.05, 3.63) is 0 Å². The molecule has 0 N–H and O–H groups in total. The monoisotopic (exact) mass is 349 g/mol. The smallest absolute Gasteiger partial charge is 0.0667 e. The van der Waals surface area contributed by atoms with Crippen molar-refractivity contribution in [3.8, 4) is 0 Å². The summed E-state index contributed by atoms with van der Waals surface area (Å²) in [5.41, 5.74) is 0.669. The van der Waals surface area contributed by atoms with Crippen LogP contribution in [-0.2, 0) is 4.74 Å². The highest BCUT2D eigenvalue weighted by atomic mass is 16.5. The maximum absolute atomic E-state index is 6.22. The fourth-order valence-corrected chi connectivity index (χ4v) is 6.07.